The summed E-state index contributed by atoms with van der Waals surface area (Å²) in [5.74, 6) is 0.292. The van der Waals surface area contributed by atoms with Gasteiger partial charge in [-0.3, -0.25) is 14.6 Å². The van der Waals surface area contributed by atoms with Crippen LogP contribution in [0.25, 0.3) is 6.08 Å². The van der Waals surface area contributed by atoms with Crippen LogP contribution < -0.4 is 0 Å². The molecule has 0 atom stereocenters. The van der Waals surface area contributed by atoms with E-state index in [-0.39, 0.29) is 17.2 Å². The number of thiophene rings is 1. The summed E-state index contributed by atoms with van der Waals surface area (Å²) in [4.78, 5) is 33.9. The molecule has 2 fully saturated rings. The van der Waals surface area contributed by atoms with Gasteiger partial charge in [0.25, 0.3) is 0 Å². The van der Waals surface area contributed by atoms with Crippen molar-refractivity contribution in [2.45, 2.75) is 25.8 Å². The molecule has 0 saturated carbocycles. The molecule has 2 aliphatic rings. The van der Waals surface area contributed by atoms with E-state index in [4.69, 9.17) is 0 Å². The number of aromatic nitrogens is 1. The van der Waals surface area contributed by atoms with Crippen LogP contribution in [0, 0.1) is 5.41 Å². The molecule has 2 amide bonds. The largest absolute Gasteiger partial charge is 0.339 e. The molecule has 4 heterocycles. The summed E-state index contributed by atoms with van der Waals surface area (Å²) in [5.41, 5.74) is 1.14. The van der Waals surface area contributed by atoms with Gasteiger partial charge in [-0.15, -0.1) is 11.3 Å². The summed E-state index contributed by atoms with van der Waals surface area (Å²) in [5, 5.41) is 2.00. The van der Waals surface area contributed by atoms with Gasteiger partial charge in [-0.2, -0.15) is 0 Å². The van der Waals surface area contributed by atoms with Crippen molar-refractivity contribution in [2.75, 3.05) is 19.6 Å². The normalized spacial score (nSPS) is 19.3. The fraction of sp³-hybridized carbons (Fsp3) is 0.381. The van der Waals surface area contributed by atoms with E-state index < -0.39 is 0 Å². The van der Waals surface area contributed by atoms with Crippen molar-refractivity contribution in [3.05, 3.63) is 58.6 Å². The lowest BCUT2D eigenvalue weighted by atomic mass is 9.77. The Kier molecular flexibility index (Phi) is 5.07. The van der Waals surface area contributed by atoms with Crippen LogP contribution in [0.4, 0.5) is 0 Å². The number of carbonyl (C=O) groups is 2. The maximum Gasteiger partial charge on any atom is 0.246 e. The zero-order valence-corrected chi connectivity index (χ0v) is 16.0. The topological polar surface area (TPSA) is 53.5 Å². The average molecular weight is 382 g/mol. The van der Waals surface area contributed by atoms with Crippen LogP contribution in [-0.2, 0) is 16.1 Å². The van der Waals surface area contributed by atoms with E-state index in [0.29, 0.717) is 13.0 Å². The number of amides is 2. The van der Waals surface area contributed by atoms with Gasteiger partial charge in [-0.1, -0.05) is 6.07 Å². The zero-order chi connectivity index (χ0) is 18.7. The van der Waals surface area contributed by atoms with Gasteiger partial charge >= 0.3 is 0 Å². The SMILES string of the molecule is O=C(/C=C/c1cccs1)N1CCC2(CC1)CC(=O)N(Cc1ccncc1)C2. The quantitative estimate of drug-likeness (QED) is 0.765. The second-order valence-corrected chi connectivity index (χ2v) is 8.44. The number of rotatable bonds is 4. The molecule has 0 aliphatic carbocycles. The Morgan fingerprint density at radius 3 is 2.70 bits per heavy atom. The number of carbonyl (C=O) groups excluding carboxylic acids is 2. The Morgan fingerprint density at radius 1 is 1.22 bits per heavy atom. The predicted molar refractivity (Wildman–Crippen MR) is 106 cm³/mol. The first-order valence-corrected chi connectivity index (χ1v) is 10.2. The molecule has 0 bridgehead atoms. The Balaban J connectivity index is 1.33. The Hall–Kier alpha value is -2.47. The number of hydrogen-bond donors (Lipinski definition) is 0. The molecule has 2 aliphatic heterocycles. The first kappa shape index (κ1) is 17.9. The van der Waals surface area contributed by atoms with Gasteiger partial charge < -0.3 is 9.80 Å². The van der Waals surface area contributed by atoms with Crippen LogP contribution in [0.1, 0.15) is 29.7 Å². The average Bonchev–Trinajstić information content (AvgIpc) is 3.30. The van der Waals surface area contributed by atoms with Gasteiger partial charge in [-0.25, -0.2) is 0 Å². The standard InChI is InChI=1S/C21H23N3O2S/c25-19(4-3-18-2-1-13-27-18)23-11-7-21(8-12-23)14-20(26)24(16-21)15-17-5-9-22-10-6-17/h1-6,9-10,13H,7-8,11-12,14-16H2/b4-3+. The Morgan fingerprint density at radius 2 is 2.00 bits per heavy atom. The maximum absolute atomic E-state index is 12.5. The third-order valence-corrected chi connectivity index (χ3v) is 6.43. The molecule has 27 heavy (non-hydrogen) atoms. The zero-order valence-electron chi connectivity index (χ0n) is 15.2. The summed E-state index contributed by atoms with van der Waals surface area (Å²) in [6, 6.07) is 7.90. The summed E-state index contributed by atoms with van der Waals surface area (Å²) >= 11 is 1.62. The van der Waals surface area contributed by atoms with E-state index in [1.807, 2.05) is 45.5 Å². The molecule has 0 N–H and O–H groups in total. The second kappa shape index (κ2) is 7.64. The molecule has 140 valence electrons. The minimum absolute atomic E-state index is 0.0262. The molecule has 0 aromatic carbocycles. The van der Waals surface area contributed by atoms with Crippen LogP contribution in [0.5, 0.6) is 0 Å². The van der Waals surface area contributed by atoms with Crippen molar-refractivity contribution in [1.82, 2.24) is 14.8 Å². The van der Waals surface area contributed by atoms with Gasteiger partial charge in [0.2, 0.25) is 11.8 Å². The van der Waals surface area contributed by atoms with Crippen molar-refractivity contribution in [3.63, 3.8) is 0 Å². The smallest absolute Gasteiger partial charge is 0.246 e. The van der Waals surface area contributed by atoms with E-state index in [2.05, 4.69) is 4.98 Å². The molecular formula is C21H23N3O2S. The van der Waals surface area contributed by atoms with Crippen LogP contribution in [0.3, 0.4) is 0 Å². The van der Waals surface area contributed by atoms with Crippen molar-refractivity contribution >= 4 is 29.2 Å². The Labute approximate surface area is 163 Å². The summed E-state index contributed by atoms with van der Waals surface area (Å²) < 4.78 is 0. The van der Waals surface area contributed by atoms with E-state index in [9.17, 15) is 9.59 Å². The third kappa shape index (κ3) is 4.11. The minimum Gasteiger partial charge on any atom is -0.339 e. The van der Waals surface area contributed by atoms with Gasteiger partial charge in [0, 0.05) is 61.4 Å². The van der Waals surface area contributed by atoms with Gasteiger partial charge in [-0.05, 0) is 48.1 Å². The van der Waals surface area contributed by atoms with Crippen LogP contribution in [0.15, 0.2) is 48.1 Å². The van der Waals surface area contributed by atoms with E-state index in [0.717, 1.165) is 42.9 Å². The van der Waals surface area contributed by atoms with E-state index >= 15 is 0 Å². The van der Waals surface area contributed by atoms with Gasteiger partial charge in [0.1, 0.15) is 0 Å². The fourth-order valence-corrected chi connectivity index (χ4v) is 4.63. The van der Waals surface area contributed by atoms with Crippen LogP contribution in [0.2, 0.25) is 0 Å². The number of pyridine rings is 1. The molecule has 0 radical (unpaired) electrons. The maximum atomic E-state index is 12.5. The van der Waals surface area contributed by atoms with Gasteiger partial charge in [0.05, 0.1) is 0 Å². The molecule has 4 rings (SSSR count). The molecule has 6 heteroatoms. The first-order chi connectivity index (χ1) is 13.1. The molecular weight excluding hydrogens is 358 g/mol. The van der Waals surface area contributed by atoms with E-state index in [1.54, 1.807) is 29.8 Å². The highest BCUT2D eigenvalue weighted by molar-refractivity contribution is 7.10. The third-order valence-electron chi connectivity index (χ3n) is 5.60. The lowest BCUT2D eigenvalue weighted by molar-refractivity contribution is -0.128. The minimum atomic E-state index is 0.0262. The second-order valence-electron chi connectivity index (χ2n) is 7.46. The number of hydrogen-bond acceptors (Lipinski definition) is 4. The van der Waals surface area contributed by atoms with Crippen molar-refractivity contribution in [2.24, 2.45) is 5.41 Å². The van der Waals surface area contributed by atoms with Gasteiger partial charge in [0.15, 0.2) is 0 Å². The molecule has 5 nitrogen and oxygen atoms in total. The molecule has 2 aromatic heterocycles. The predicted octanol–water partition coefficient (Wildman–Crippen LogP) is 3.20. The first-order valence-electron chi connectivity index (χ1n) is 9.31. The Bertz CT molecular complexity index is 824. The monoisotopic (exact) mass is 381 g/mol. The molecule has 2 aromatic rings. The lowest BCUT2D eigenvalue weighted by Crippen LogP contribution is -2.43. The summed E-state index contributed by atoms with van der Waals surface area (Å²) in [7, 11) is 0. The fourth-order valence-electron chi connectivity index (χ4n) is 4.02. The van der Waals surface area contributed by atoms with Crippen molar-refractivity contribution in [1.29, 1.82) is 0 Å². The van der Waals surface area contributed by atoms with Crippen molar-refractivity contribution < 1.29 is 9.59 Å². The highest BCUT2D eigenvalue weighted by Gasteiger charge is 2.45. The number of likely N-dealkylation sites (tertiary alicyclic amines) is 2. The lowest BCUT2D eigenvalue weighted by Gasteiger charge is -2.38. The number of nitrogens with zero attached hydrogens (tertiary/aromatic N) is 3. The number of piperidine rings is 1. The summed E-state index contributed by atoms with van der Waals surface area (Å²) in [6.07, 6.45) is 9.46. The molecule has 2 saturated heterocycles. The molecule has 0 unspecified atom stereocenters. The van der Waals surface area contributed by atoms with Crippen LogP contribution in [-0.4, -0.2) is 46.2 Å². The highest BCUT2D eigenvalue weighted by atomic mass is 32.1. The van der Waals surface area contributed by atoms with Crippen molar-refractivity contribution in [3.8, 4) is 0 Å². The van der Waals surface area contributed by atoms with Crippen LogP contribution >= 0.6 is 11.3 Å². The molecule has 1 spiro atoms. The summed E-state index contributed by atoms with van der Waals surface area (Å²) in [6.45, 7) is 2.89. The highest BCUT2D eigenvalue weighted by Crippen LogP contribution is 2.41. The van der Waals surface area contributed by atoms with E-state index in [1.165, 1.54) is 0 Å².